The number of amides is 2. The lowest BCUT2D eigenvalue weighted by atomic mass is 9.78. The third-order valence-corrected chi connectivity index (χ3v) is 16.1. The number of ketones is 2. The second kappa shape index (κ2) is 25.1. The molecule has 16 nitrogen and oxygen atoms in total. The molecule has 16 atom stereocenters. The fourth-order valence-corrected chi connectivity index (χ4v) is 10.9. The molecule has 0 radical (unpaired) electrons. The highest BCUT2D eigenvalue weighted by molar-refractivity contribution is 6.39. The van der Waals surface area contributed by atoms with Crippen LogP contribution >= 0.6 is 0 Å². The molecule has 4 fully saturated rings. The smallest absolute Gasteiger partial charge is 0.329 e. The number of aliphatic hydroxyl groups excluding tert-OH is 2. The zero-order valence-corrected chi connectivity index (χ0v) is 45.5. The van der Waals surface area contributed by atoms with Gasteiger partial charge in [0, 0.05) is 36.8 Å². The predicted octanol–water partition coefficient (Wildman–Crippen LogP) is 6.47. The van der Waals surface area contributed by atoms with Gasteiger partial charge in [0.1, 0.15) is 24.3 Å². The summed E-state index contributed by atoms with van der Waals surface area (Å²) >= 11 is 0. The molecule has 4 rings (SSSR count). The van der Waals surface area contributed by atoms with Crippen LogP contribution in [0.2, 0.25) is 0 Å². The molecule has 4 aliphatic heterocycles. The Labute approximate surface area is 423 Å². The fraction of sp³-hybridized carbons (Fsp3) is 0.818. The summed E-state index contributed by atoms with van der Waals surface area (Å²) < 4.78 is 24.5. The first-order chi connectivity index (χ1) is 33.0. The number of likely N-dealkylation sites (tertiary alicyclic amines) is 2. The SMILES string of the molecule is C/C(=C\C(C)C(C)O)C(OC(=O)C1CC(CC(C)C2CCC(C)C(O)(C(=O)C(=O)N3CCCC3C(=O)OC(/C(C)=C/C(C)C(C)O)C(C)C)O2)CCN1C(=O)C(=O)C1(O)OC(C(C)C)CCC1C)C(C)C. The van der Waals surface area contributed by atoms with Crippen LogP contribution in [0.15, 0.2) is 23.3 Å². The molecule has 16 heteroatoms. The third kappa shape index (κ3) is 14.2. The molecule has 2 amide bonds. The third-order valence-electron chi connectivity index (χ3n) is 16.1. The molecule has 0 aliphatic carbocycles. The summed E-state index contributed by atoms with van der Waals surface area (Å²) in [5.74, 6) is -13.3. The first-order valence-corrected chi connectivity index (χ1v) is 26.6. The van der Waals surface area contributed by atoms with Crippen molar-refractivity contribution in [1.29, 1.82) is 0 Å². The Morgan fingerprint density at radius 2 is 1.03 bits per heavy atom. The summed E-state index contributed by atoms with van der Waals surface area (Å²) in [4.78, 5) is 87.4. The van der Waals surface area contributed by atoms with E-state index < -0.39 is 107 Å². The second-order valence-electron chi connectivity index (χ2n) is 23.1. The number of aliphatic hydroxyl groups is 4. The Bertz CT molecular complexity index is 1950. The number of ether oxygens (including phenoxy) is 4. The average molecular weight is 1000 g/mol. The molecule has 0 spiro atoms. The number of carbonyl (C=O) groups excluding carboxylic acids is 6. The van der Waals surface area contributed by atoms with Crippen molar-refractivity contribution >= 4 is 35.3 Å². The molecule has 4 saturated heterocycles. The molecule has 0 aromatic carbocycles. The standard InChI is InChI=1S/C55H90N2O14/c1-29(2)44-20-18-37(12)54(66,70-44)49(61)51(63)57-24-22-41(28-43(57)53(65)69-47(31(5)6)36(11)26-33(8)40(15)59)27-34(9)45-21-19-38(13)55(67,71-45)48(60)50(62)56-23-16-17-42(56)52(64)68-46(30(3)4)35(10)25-32(7)39(14)58/h25-26,29-34,37-47,58-59,66-67H,16-24,27-28H2,1-15H3/b35-25+,36-26+. The van der Waals surface area contributed by atoms with Crippen molar-refractivity contribution in [2.75, 3.05) is 13.1 Å². The zero-order chi connectivity index (χ0) is 53.6. The van der Waals surface area contributed by atoms with E-state index >= 15 is 0 Å². The van der Waals surface area contributed by atoms with Gasteiger partial charge in [0.25, 0.3) is 23.4 Å². The van der Waals surface area contributed by atoms with Crippen LogP contribution in [-0.4, -0.2) is 139 Å². The van der Waals surface area contributed by atoms with Crippen molar-refractivity contribution in [3.63, 3.8) is 0 Å². The Kier molecular flexibility index (Phi) is 21.2. The maximum Gasteiger partial charge on any atom is 0.329 e. The molecule has 0 bridgehead atoms. The fourth-order valence-electron chi connectivity index (χ4n) is 10.9. The van der Waals surface area contributed by atoms with E-state index in [0.717, 1.165) is 11.1 Å². The van der Waals surface area contributed by atoms with E-state index in [1.54, 1.807) is 27.7 Å². The van der Waals surface area contributed by atoms with Gasteiger partial charge >= 0.3 is 11.9 Å². The van der Waals surface area contributed by atoms with Crippen LogP contribution in [0.3, 0.4) is 0 Å². The van der Waals surface area contributed by atoms with Crippen molar-refractivity contribution in [1.82, 2.24) is 9.80 Å². The first-order valence-electron chi connectivity index (χ1n) is 26.6. The Morgan fingerprint density at radius 1 is 0.606 bits per heavy atom. The molecular weight excluding hydrogens is 913 g/mol. The van der Waals surface area contributed by atoms with E-state index in [0.29, 0.717) is 44.9 Å². The molecule has 4 heterocycles. The summed E-state index contributed by atoms with van der Waals surface area (Å²) in [6.07, 6.45) is 3.51. The van der Waals surface area contributed by atoms with Gasteiger partial charge in [0.15, 0.2) is 0 Å². The molecule has 4 aliphatic rings. The second-order valence-corrected chi connectivity index (χ2v) is 23.1. The van der Waals surface area contributed by atoms with Crippen molar-refractivity contribution in [2.45, 2.75) is 222 Å². The van der Waals surface area contributed by atoms with Crippen molar-refractivity contribution in [2.24, 2.45) is 53.3 Å². The minimum absolute atomic E-state index is 0.00625. The van der Waals surface area contributed by atoms with Crippen LogP contribution in [0.1, 0.15) is 162 Å². The normalized spacial score (nSPS) is 31.9. The highest BCUT2D eigenvalue weighted by Crippen LogP contribution is 2.41. The molecule has 71 heavy (non-hydrogen) atoms. The number of rotatable bonds is 20. The van der Waals surface area contributed by atoms with Gasteiger partial charge in [-0.15, -0.1) is 0 Å². The summed E-state index contributed by atoms with van der Waals surface area (Å²) in [5, 5.41) is 44.1. The summed E-state index contributed by atoms with van der Waals surface area (Å²) in [5.41, 5.74) is 1.49. The number of Topliss-reactive ketones (excluding diaryl/α,β-unsaturated/α-hetero) is 2. The monoisotopic (exact) mass is 1000 g/mol. The number of nitrogens with zero attached hydrogens (tertiary/aromatic N) is 2. The van der Waals surface area contributed by atoms with Crippen LogP contribution in [0.25, 0.3) is 0 Å². The van der Waals surface area contributed by atoms with Crippen LogP contribution in [0.4, 0.5) is 0 Å². The van der Waals surface area contributed by atoms with Gasteiger partial charge in [0.2, 0.25) is 11.6 Å². The van der Waals surface area contributed by atoms with Crippen LogP contribution < -0.4 is 0 Å². The predicted molar refractivity (Wildman–Crippen MR) is 267 cm³/mol. The number of hydrogen-bond donors (Lipinski definition) is 4. The summed E-state index contributed by atoms with van der Waals surface area (Å²) in [6.45, 7) is 27.5. The Hall–Kier alpha value is -3.54. The largest absolute Gasteiger partial charge is 0.456 e. The number of esters is 2. The lowest BCUT2D eigenvalue weighted by Gasteiger charge is -2.45. The topological polar surface area (TPSA) is 227 Å². The molecular formula is C55H90N2O14. The first kappa shape index (κ1) is 60.0. The average Bonchev–Trinajstić information content (AvgIpc) is 3.80. The molecule has 0 aromatic heterocycles. The molecule has 16 unspecified atom stereocenters. The van der Waals surface area contributed by atoms with Gasteiger partial charge in [-0.3, -0.25) is 19.2 Å². The van der Waals surface area contributed by atoms with Crippen LogP contribution in [0, 0.1) is 53.3 Å². The summed E-state index contributed by atoms with van der Waals surface area (Å²) in [6, 6.07) is -2.25. The quantitative estimate of drug-likeness (QED) is 0.0583. The van der Waals surface area contributed by atoms with Gasteiger partial charge < -0.3 is 49.2 Å². The lowest BCUT2D eigenvalue weighted by Crippen LogP contribution is -2.61. The van der Waals surface area contributed by atoms with Crippen LogP contribution in [0.5, 0.6) is 0 Å². The Morgan fingerprint density at radius 3 is 1.46 bits per heavy atom. The van der Waals surface area contributed by atoms with Crippen molar-refractivity contribution < 1.29 is 68.1 Å². The highest BCUT2D eigenvalue weighted by atomic mass is 16.6. The minimum atomic E-state index is -2.49. The molecule has 0 saturated carbocycles. The van der Waals surface area contributed by atoms with E-state index in [2.05, 4.69) is 0 Å². The van der Waals surface area contributed by atoms with E-state index in [-0.39, 0.29) is 67.4 Å². The van der Waals surface area contributed by atoms with Gasteiger partial charge in [0.05, 0.1) is 24.4 Å². The maximum absolute atomic E-state index is 14.5. The van der Waals surface area contributed by atoms with Crippen molar-refractivity contribution in [3.8, 4) is 0 Å². The zero-order valence-electron chi connectivity index (χ0n) is 45.5. The highest BCUT2D eigenvalue weighted by Gasteiger charge is 2.56. The summed E-state index contributed by atoms with van der Waals surface area (Å²) in [7, 11) is 0. The van der Waals surface area contributed by atoms with Gasteiger partial charge in [-0.05, 0) is 126 Å². The van der Waals surface area contributed by atoms with E-state index in [4.69, 9.17) is 18.9 Å². The Balaban J connectivity index is 1.55. The van der Waals surface area contributed by atoms with Crippen LogP contribution in [-0.2, 0) is 47.7 Å². The van der Waals surface area contributed by atoms with Gasteiger partial charge in [-0.2, -0.15) is 0 Å². The minimum Gasteiger partial charge on any atom is -0.456 e. The van der Waals surface area contributed by atoms with Crippen molar-refractivity contribution in [3.05, 3.63) is 23.3 Å². The molecule has 0 aromatic rings. The van der Waals surface area contributed by atoms with Gasteiger partial charge in [-0.25, -0.2) is 9.59 Å². The number of carbonyl (C=O) groups is 6. The van der Waals surface area contributed by atoms with E-state index in [1.807, 2.05) is 88.3 Å². The number of piperidine rings is 1. The van der Waals surface area contributed by atoms with E-state index in [1.165, 1.54) is 9.80 Å². The van der Waals surface area contributed by atoms with Gasteiger partial charge in [-0.1, -0.05) is 88.3 Å². The molecule has 4 N–H and O–H groups in total. The number of hydrogen-bond acceptors (Lipinski definition) is 14. The molecule has 404 valence electrons. The van der Waals surface area contributed by atoms with E-state index in [9.17, 15) is 49.2 Å². The maximum atomic E-state index is 14.5. The lowest BCUT2D eigenvalue weighted by molar-refractivity contribution is -0.270.